The van der Waals surface area contributed by atoms with E-state index in [1.165, 1.54) is 12.1 Å². The summed E-state index contributed by atoms with van der Waals surface area (Å²) in [5.74, 6) is -0.236. The van der Waals surface area contributed by atoms with Crippen LogP contribution < -0.4 is 5.32 Å². The van der Waals surface area contributed by atoms with Crippen molar-refractivity contribution in [1.29, 1.82) is 0 Å². The Morgan fingerprint density at radius 2 is 1.42 bits per heavy atom. The molecule has 0 aliphatic carbocycles. The van der Waals surface area contributed by atoms with Gasteiger partial charge in [-0.25, -0.2) is 4.39 Å². The van der Waals surface area contributed by atoms with Crippen LogP contribution in [0.15, 0.2) is 84.9 Å². The molecule has 0 aliphatic rings. The lowest BCUT2D eigenvalue weighted by molar-refractivity contribution is 0.0976. The summed E-state index contributed by atoms with van der Waals surface area (Å²) in [4.78, 5) is 12.6. The van der Waals surface area contributed by atoms with E-state index in [9.17, 15) is 9.18 Å². The highest BCUT2D eigenvalue weighted by atomic mass is 19.1. The molecule has 2 nitrogen and oxygen atoms in total. The zero-order valence-electron chi connectivity index (χ0n) is 13.2. The number of para-hydroxylation sites is 1. The van der Waals surface area contributed by atoms with Gasteiger partial charge >= 0.3 is 0 Å². The van der Waals surface area contributed by atoms with Gasteiger partial charge in [-0.15, -0.1) is 0 Å². The van der Waals surface area contributed by atoms with Crippen molar-refractivity contribution in [3.8, 4) is 0 Å². The van der Waals surface area contributed by atoms with E-state index in [1.54, 1.807) is 12.1 Å². The molecule has 1 atom stereocenters. The predicted molar refractivity (Wildman–Crippen MR) is 94.6 cm³/mol. The Morgan fingerprint density at radius 1 is 0.833 bits per heavy atom. The second-order valence-corrected chi connectivity index (χ2v) is 5.61. The number of benzene rings is 3. The molecule has 3 aromatic carbocycles. The van der Waals surface area contributed by atoms with Crippen LogP contribution >= 0.6 is 0 Å². The summed E-state index contributed by atoms with van der Waals surface area (Å²) >= 11 is 0. The van der Waals surface area contributed by atoms with Crippen LogP contribution in [0, 0.1) is 5.82 Å². The third-order valence-electron chi connectivity index (χ3n) is 3.87. The van der Waals surface area contributed by atoms with Gasteiger partial charge in [-0.05, 0) is 29.8 Å². The van der Waals surface area contributed by atoms with Gasteiger partial charge in [-0.3, -0.25) is 4.79 Å². The minimum atomic E-state index is -0.286. The number of halogens is 1. The van der Waals surface area contributed by atoms with Crippen LogP contribution in [-0.4, -0.2) is 5.78 Å². The summed E-state index contributed by atoms with van der Waals surface area (Å²) in [6.45, 7) is 0. The minimum Gasteiger partial charge on any atom is -0.378 e. The Kier molecular flexibility index (Phi) is 5.02. The normalized spacial score (nSPS) is 11.7. The maximum Gasteiger partial charge on any atom is 0.165 e. The van der Waals surface area contributed by atoms with E-state index in [0.29, 0.717) is 12.0 Å². The van der Waals surface area contributed by atoms with E-state index in [2.05, 4.69) is 5.32 Å². The molecular weight excluding hydrogens is 301 g/mol. The fourth-order valence-electron chi connectivity index (χ4n) is 2.61. The fraction of sp³-hybridized carbons (Fsp3) is 0.0952. The number of rotatable bonds is 6. The minimum absolute atomic E-state index is 0.0494. The van der Waals surface area contributed by atoms with Crippen LogP contribution in [0.25, 0.3) is 0 Å². The molecule has 0 aliphatic heterocycles. The van der Waals surface area contributed by atoms with E-state index in [4.69, 9.17) is 0 Å². The van der Waals surface area contributed by atoms with Crippen molar-refractivity contribution in [3.05, 3.63) is 102 Å². The number of nitrogens with one attached hydrogen (secondary N) is 1. The molecule has 120 valence electrons. The summed E-state index contributed by atoms with van der Waals surface area (Å²) in [6, 6.07) is 25.0. The molecule has 0 saturated heterocycles. The molecule has 0 bridgehead atoms. The number of ketones is 1. The van der Waals surface area contributed by atoms with Crippen molar-refractivity contribution in [2.24, 2.45) is 0 Å². The number of hydrogen-bond donors (Lipinski definition) is 1. The summed E-state index contributed by atoms with van der Waals surface area (Å²) < 4.78 is 13.2. The second-order valence-electron chi connectivity index (χ2n) is 5.61. The molecule has 24 heavy (non-hydrogen) atoms. The van der Waals surface area contributed by atoms with Crippen molar-refractivity contribution in [3.63, 3.8) is 0 Å². The lowest BCUT2D eigenvalue weighted by Gasteiger charge is -2.20. The van der Waals surface area contributed by atoms with E-state index in [1.807, 2.05) is 60.7 Å². The monoisotopic (exact) mass is 319 g/mol. The first kappa shape index (κ1) is 15.9. The summed E-state index contributed by atoms with van der Waals surface area (Å²) in [7, 11) is 0. The SMILES string of the molecule is O=C(C[C@H](Nc1ccccc1)c1ccc(F)cc1)c1ccccc1. The van der Waals surface area contributed by atoms with Crippen LogP contribution in [-0.2, 0) is 0 Å². The molecule has 0 aromatic heterocycles. The van der Waals surface area contributed by atoms with Crippen LogP contribution in [0.2, 0.25) is 0 Å². The average molecular weight is 319 g/mol. The molecule has 0 fully saturated rings. The molecule has 0 radical (unpaired) electrons. The van der Waals surface area contributed by atoms with E-state index >= 15 is 0 Å². The summed E-state index contributed by atoms with van der Waals surface area (Å²) in [6.07, 6.45) is 0.296. The van der Waals surface area contributed by atoms with E-state index in [0.717, 1.165) is 11.3 Å². The smallest absolute Gasteiger partial charge is 0.165 e. The number of carbonyl (C=O) groups is 1. The van der Waals surface area contributed by atoms with Crippen LogP contribution in [0.3, 0.4) is 0 Å². The molecule has 3 aromatic rings. The molecular formula is C21H18FNO. The lowest BCUT2D eigenvalue weighted by atomic mass is 9.97. The maximum absolute atomic E-state index is 13.2. The molecule has 0 unspecified atom stereocenters. The van der Waals surface area contributed by atoms with Crippen LogP contribution in [0.4, 0.5) is 10.1 Å². The number of carbonyl (C=O) groups excluding carboxylic acids is 1. The zero-order chi connectivity index (χ0) is 16.8. The van der Waals surface area contributed by atoms with Gasteiger partial charge in [0, 0.05) is 17.7 Å². The lowest BCUT2D eigenvalue weighted by Crippen LogP contribution is -2.15. The van der Waals surface area contributed by atoms with Crippen molar-refractivity contribution in [2.75, 3.05) is 5.32 Å². The van der Waals surface area contributed by atoms with Gasteiger partial charge in [-0.2, -0.15) is 0 Å². The van der Waals surface area contributed by atoms with Gasteiger partial charge in [0.05, 0.1) is 6.04 Å². The number of hydrogen-bond acceptors (Lipinski definition) is 2. The third kappa shape index (κ3) is 4.07. The highest BCUT2D eigenvalue weighted by Gasteiger charge is 2.17. The Bertz CT molecular complexity index is 785. The fourth-order valence-corrected chi connectivity index (χ4v) is 2.61. The number of Topliss-reactive ketones (excluding diaryl/α,β-unsaturated/α-hetero) is 1. The number of anilines is 1. The molecule has 1 N–H and O–H groups in total. The van der Waals surface area contributed by atoms with Gasteiger partial charge in [0.1, 0.15) is 5.82 Å². The average Bonchev–Trinajstić information content (AvgIpc) is 2.63. The highest BCUT2D eigenvalue weighted by molar-refractivity contribution is 5.96. The van der Waals surface area contributed by atoms with E-state index in [-0.39, 0.29) is 17.6 Å². The molecule has 0 spiro atoms. The molecule has 3 rings (SSSR count). The highest BCUT2D eigenvalue weighted by Crippen LogP contribution is 2.24. The van der Waals surface area contributed by atoms with Gasteiger partial charge in [0.2, 0.25) is 0 Å². The van der Waals surface area contributed by atoms with Crippen molar-refractivity contribution >= 4 is 11.5 Å². The van der Waals surface area contributed by atoms with Gasteiger partial charge in [-0.1, -0.05) is 60.7 Å². The Morgan fingerprint density at radius 3 is 2.04 bits per heavy atom. The first-order valence-corrected chi connectivity index (χ1v) is 7.87. The topological polar surface area (TPSA) is 29.1 Å². The molecule has 0 heterocycles. The predicted octanol–water partition coefficient (Wildman–Crippen LogP) is 5.25. The van der Waals surface area contributed by atoms with E-state index < -0.39 is 0 Å². The van der Waals surface area contributed by atoms with Gasteiger partial charge in [0.25, 0.3) is 0 Å². The van der Waals surface area contributed by atoms with Crippen LogP contribution in [0.5, 0.6) is 0 Å². The Labute approximate surface area is 141 Å². The largest absolute Gasteiger partial charge is 0.378 e. The molecule has 3 heteroatoms. The van der Waals surface area contributed by atoms with Crippen molar-refractivity contribution in [1.82, 2.24) is 0 Å². The first-order chi connectivity index (χ1) is 11.7. The second kappa shape index (κ2) is 7.55. The third-order valence-corrected chi connectivity index (χ3v) is 3.87. The zero-order valence-corrected chi connectivity index (χ0v) is 13.2. The van der Waals surface area contributed by atoms with Crippen molar-refractivity contribution < 1.29 is 9.18 Å². The molecule has 0 amide bonds. The first-order valence-electron chi connectivity index (χ1n) is 7.87. The van der Waals surface area contributed by atoms with Crippen LogP contribution in [0.1, 0.15) is 28.4 Å². The molecule has 0 saturated carbocycles. The summed E-state index contributed by atoms with van der Waals surface area (Å²) in [5.41, 5.74) is 2.48. The Hall–Kier alpha value is -2.94. The Balaban J connectivity index is 1.84. The van der Waals surface area contributed by atoms with Gasteiger partial charge < -0.3 is 5.32 Å². The maximum atomic E-state index is 13.2. The summed E-state index contributed by atoms with van der Waals surface area (Å²) in [5, 5.41) is 3.37. The quantitative estimate of drug-likeness (QED) is 0.629. The standard InChI is InChI=1S/C21H18FNO/c22-18-13-11-16(12-14-18)20(23-19-9-5-2-6-10-19)15-21(24)17-7-3-1-4-8-17/h1-14,20,23H,15H2/t20-/m0/s1. The van der Waals surface area contributed by atoms with Crippen molar-refractivity contribution in [2.45, 2.75) is 12.5 Å². The van der Waals surface area contributed by atoms with Gasteiger partial charge in [0.15, 0.2) is 5.78 Å².